The Balaban J connectivity index is 1.63. The number of hydrogen-bond donors (Lipinski definition) is 0. The largest absolute Gasteiger partial charge is 0.465 e. The molecule has 29 heavy (non-hydrogen) atoms. The van der Waals surface area contributed by atoms with Crippen LogP contribution < -0.4 is 4.90 Å². The Labute approximate surface area is 172 Å². The van der Waals surface area contributed by atoms with Crippen LogP contribution in [0.25, 0.3) is 5.65 Å². The zero-order valence-electron chi connectivity index (χ0n) is 15.1. The predicted octanol–water partition coefficient (Wildman–Crippen LogP) is 4.03. The van der Waals surface area contributed by atoms with Crippen LogP contribution in [-0.2, 0) is 10.9 Å². The van der Waals surface area contributed by atoms with Crippen molar-refractivity contribution < 1.29 is 22.7 Å². The maximum absolute atomic E-state index is 13.1. The number of anilines is 1. The Morgan fingerprint density at radius 3 is 2.86 bits per heavy atom. The quantitative estimate of drug-likeness (QED) is 0.567. The van der Waals surface area contributed by atoms with E-state index in [0.29, 0.717) is 29.7 Å². The lowest BCUT2D eigenvalue weighted by Crippen LogP contribution is -2.35. The molecule has 0 aromatic carbocycles. The summed E-state index contributed by atoms with van der Waals surface area (Å²) in [6.07, 6.45) is -1.89. The third-order valence-corrected chi connectivity index (χ3v) is 6.24. The first-order valence-corrected chi connectivity index (χ1v) is 9.89. The Morgan fingerprint density at radius 1 is 1.34 bits per heavy atom. The number of carbonyl (C=O) groups excluding carboxylic acids is 1. The van der Waals surface area contributed by atoms with Crippen LogP contribution in [0, 0.1) is 0 Å². The number of carbonyl (C=O) groups is 1. The highest BCUT2D eigenvalue weighted by Crippen LogP contribution is 2.35. The van der Waals surface area contributed by atoms with Gasteiger partial charge in [0.25, 0.3) is 0 Å². The summed E-state index contributed by atoms with van der Waals surface area (Å²) in [6.45, 7) is 1.16. The monoisotopic (exact) mass is 445 g/mol. The zero-order chi connectivity index (χ0) is 20.8. The van der Waals surface area contributed by atoms with Gasteiger partial charge in [0, 0.05) is 25.2 Å². The molecule has 3 aromatic heterocycles. The SMILES string of the molecule is COC(=O)c1sc(N2CCCC(c3nnc4ccc(C(F)(F)F)cn34)C2)nc1Cl. The number of piperidine rings is 1. The number of aromatic nitrogens is 4. The van der Waals surface area contributed by atoms with Gasteiger partial charge in [-0.05, 0) is 25.0 Å². The van der Waals surface area contributed by atoms with Gasteiger partial charge in [-0.25, -0.2) is 9.78 Å². The lowest BCUT2D eigenvalue weighted by molar-refractivity contribution is -0.137. The average Bonchev–Trinajstić information content (AvgIpc) is 3.30. The number of alkyl halides is 3. The normalized spacial score (nSPS) is 17.7. The van der Waals surface area contributed by atoms with E-state index >= 15 is 0 Å². The number of pyridine rings is 1. The van der Waals surface area contributed by atoms with E-state index in [4.69, 9.17) is 16.3 Å². The first kappa shape index (κ1) is 19.9. The van der Waals surface area contributed by atoms with E-state index in [2.05, 4.69) is 15.2 Å². The Kier molecular flexibility index (Phi) is 5.11. The summed E-state index contributed by atoms with van der Waals surface area (Å²) in [7, 11) is 1.26. The average molecular weight is 446 g/mol. The van der Waals surface area contributed by atoms with Gasteiger partial charge in [-0.15, -0.1) is 10.2 Å². The molecule has 4 rings (SSSR count). The number of halogens is 4. The molecule has 0 saturated carbocycles. The van der Waals surface area contributed by atoms with Gasteiger partial charge in [0.1, 0.15) is 5.82 Å². The van der Waals surface area contributed by atoms with Crippen molar-refractivity contribution in [3.05, 3.63) is 39.7 Å². The van der Waals surface area contributed by atoms with Gasteiger partial charge < -0.3 is 9.64 Å². The standard InChI is InChI=1S/C17H15ClF3N5O2S/c1-28-15(27)12-13(18)22-16(29-12)25-6-2-3-9(7-25)14-24-23-11-5-4-10(8-26(11)14)17(19,20)21/h4-5,8-9H,2-3,6-7H2,1H3. The number of hydrogen-bond acceptors (Lipinski definition) is 7. The van der Waals surface area contributed by atoms with E-state index in [1.165, 1.54) is 17.6 Å². The first-order valence-electron chi connectivity index (χ1n) is 8.69. The highest BCUT2D eigenvalue weighted by Gasteiger charge is 2.33. The fourth-order valence-corrected chi connectivity index (χ4v) is 4.59. The molecule has 1 atom stereocenters. The predicted molar refractivity (Wildman–Crippen MR) is 101 cm³/mol. The summed E-state index contributed by atoms with van der Waals surface area (Å²) in [5.41, 5.74) is -0.400. The minimum absolute atomic E-state index is 0.0710. The summed E-state index contributed by atoms with van der Waals surface area (Å²) >= 11 is 7.17. The number of nitrogens with zero attached hydrogens (tertiary/aromatic N) is 5. The summed E-state index contributed by atoms with van der Waals surface area (Å²) in [4.78, 5) is 18.2. The lowest BCUT2D eigenvalue weighted by Gasteiger charge is -2.31. The molecule has 1 aliphatic rings. The Hall–Kier alpha value is -2.40. The molecule has 1 unspecified atom stereocenters. The van der Waals surface area contributed by atoms with Crippen molar-refractivity contribution in [1.82, 2.24) is 19.6 Å². The van der Waals surface area contributed by atoms with Crippen molar-refractivity contribution in [2.75, 3.05) is 25.1 Å². The topological polar surface area (TPSA) is 72.6 Å². The van der Waals surface area contributed by atoms with Gasteiger partial charge in [-0.3, -0.25) is 4.40 Å². The van der Waals surface area contributed by atoms with E-state index < -0.39 is 17.7 Å². The molecule has 0 radical (unpaired) electrons. The van der Waals surface area contributed by atoms with Crippen LogP contribution in [0.2, 0.25) is 5.15 Å². The van der Waals surface area contributed by atoms with Gasteiger partial charge in [0.05, 0.1) is 12.7 Å². The molecule has 1 aliphatic heterocycles. The van der Waals surface area contributed by atoms with E-state index in [-0.39, 0.29) is 15.9 Å². The van der Waals surface area contributed by atoms with Crippen LogP contribution in [0.1, 0.15) is 39.8 Å². The van der Waals surface area contributed by atoms with Crippen LogP contribution in [0.4, 0.5) is 18.3 Å². The molecule has 0 aliphatic carbocycles. The zero-order valence-corrected chi connectivity index (χ0v) is 16.7. The molecule has 0 bridgehead atoms. The van der Waals surface area contributed by atoms with Crippen molar-refractivity contribution in [1.29, 1.82) is 0 Å². The number of rotatable bonds is 3. The van der Waals surface area contributed by atoms with Gasteiger partial charge in [-0.1, -0.05) is 22.9 Å². The van der Waals surface area contributed by atoms with Crippen LogP contribution in [0.15, 0.2) is 18.3 Å². The molecular formula is C17H15ClF3N5O2S. The van der Waals surface area contributed by atoms with Crippen molar-refractivity contribution >= 4 is 39.7 Å². The van der Waals surface area contributed by atoms with Crippen molar-refractivity contribution in [3.8, 4) is 0 Å². The second-order valence-corrected chi connectivity index (χ2v) is 7.93. The lowest BCUT2D eigenvalue weighted by atomic mass is 9.97. The number of ether oxygens (including phenoxy) is 1. The fourth-order valence-electron chi connectivity index (χ4n) is 3.36. The third kappa shape index (κ3) is 3.76. The molecule has 0 amide bonds. The van der Waals surface area contributed by atoms with Crippen molar-refractivity contribution in [2.24, 2.45) is 0 Å². The maximum Gasteiger partial charge on any atom is 0.417 e. The smallest absolute Gasteiger partial charge is 0.417 e. The molecule has 3 aromatic rings. The summed E-state index contributed by atoms with van der Waals surface area (Å²) < 4.78 is 45.4. The Morgan fingerprint density at radius 2 is 2.14 bits per heavy atom. The molecule has 0 spiro atoms. The fraction of sp³-hybridized carbons (Fsp3) is 0.412. The van der Waals surface area contributed by atoms with Crippen LogP contribution in [-0.4, -0.2) is 45.8 Å². The molecule has 12 heteroatoms. The molecule has 1 saturated heterocycles. The minimum atomic E-state index is -4.45. The van der Waals surface area contributed by atoms with Gasteiger partial charge in [-0.2, -0.15) is 13.2 Å². The summed E-state index contributed by atoms with van der Waals surface area (Å²) in [6, 6.07) is 2.30. The van der Waals surface area contributed by atoms with Crippen LogP contribution in [0.5, 0.6) is 0 Å². The van der Waals surface area contributed by atoms with Crippen molar-refractivity contribution in [3.63, 3.8) is 0 Å². The van der Waals surface area contributed by atoms with E-state index in [1.807, 2.05) is 4.90 Å². The van der Waals surface area contributed by atoms with Gasteiger partial charge >= 0.3 is 12.1 Å². The third-order valence-electron chi connectivity index (χ3n) is 4.76. The number of esters is 1. The minimum Gasteiger partial charge on any atom is -0.465 e. The number of thiazole rings is 1. The second kappa shape index (κ2) is 7.45. The number of methoxy groups -OCH3 is 1. The van der Waals surface area contributed by atoms with Gasteiger partial charge in [0.2, 0.25) is 0 Å². The highest BCUT2D eigenvalue weighted by molar-refractivity contribution is 7.18. The highest BCUT2D eigenvalue weighted by atomic mass is 35.5. The molecule has 1 fully saturated rings. The second-order valence-electron chi connectivity index (χ2n) is 6.60. The number of fused-ring (bicyclic) bond motifs is 1. The molecule has 7 nitrogen and oxygen atoms in total. The maximum atomic E-state index is 13.1. The van der Waals surface area contributed by atoms with Gasteiger partial charge in [0.15, 0.2) is 20.8 Å². The summed E-state index contributed by atoms with van der Waals surface area (Å²) in [5, 5.41) is 8.77. The Bertz CT molecular complexity index is 1070. The molecule has 0 N–H and O–H groups in total. The molecular weight excluding hydrogens is 431 g/mol. The first-order chi connectivity index (χ1) is 13.8. The van der Waals surface area contributed by atoms with E-state index in [0.717, 1.165) is 36.4 Å². The molecule has 154 valence electrons. The van der Waals surface area contributed by atoms with E-state index in [9.17, 15) is 18.0 Å². The van der Waals surface area contributed by atoms with E-state index in [1.54, 1.807) is 0 Å². The summed E-state index contributed by atoms with van der Waals surface area (Å²) in [5.74, 6) is -0.242. The van der Waals surface area contributed by atoms with Crippen LogP contribution in [0.3, 0.4) is 0 Å². The van der Waals surface area contributed by atoms with Crippen LogP contribution >= 0.6 is 22.9 Å². The van der Waals surface area contributed by atoms with Crippen molar-refractivity contribution in [2.45, 2.75) is 24.9 Å². The molecule has 4 heterocycles.